The molecule has 5 aromatic heterocycles. The quantitative estimate of drug-likeness (QED) is 0.0169. The number of hydrogen-bond acceptors (Lipinski definition) is 12. The molecular formula is C94H72ClF10N5O17. The number of methoxy groups -OCH3 is 1. The van der Waals surface area contributed by atoms with Crippen molar-refractivity contribution >= 4 is 125 Å². The van der Waals surface area contributed by atoms with Crippen molar-refractivity contribution in [1.29, 1.82) is 0 Å². The fourth-order valence-corrected chi connectivity index (χ4v) is 14.8. The van der Waals surface area contributed by atoms with Gasteiger partial charge in [0, 0.05) is 149 Å². The number of para-hydroxylation sites is 2. The number of hydrogen-bond donors (Lipinski definition) is 10. The van der Waals surface area contributed by atoms with Crippen molar-refractivity contribution in [2.24, 2.45) is 7.05 Å². The van der Waals surface area contributed by atoms with Crippen LogP contribution < -0.4 is 4.74 Å². The molecule has 0 aliphatic rings. The van der Waals surface area contributed by atoms with Gasteiger partial charge in [0.25, 0.3) is 0 Å². The van der Waals surface area contributed by atoms with Crippen LogP contribution in [-0.2, 0) is 37.6 Å². The second kappa shape index (κ2) is 40.5. The molecule has 127 heavy (non-hydrogen) atoms. The Kier molecular flexibility index (Phi) is 29.6. The molecule has 652 valence electrons. The molecule has 0 aliphatic heterocycles. The number of nitrogens with one attached hydrogen (secondary N) is 4. The number of carboxylic acid groups (broad SMARTS) is 5. The Morgan fingerprint density at radius 3 is 1.12 bits per heavy atom. The molecule has 0 spiro atoms. The molecule has 5 unspecified atom stereocenters. The van der Waals surface area contributed by atoms with E-state index in [1.165, 1.54) is 25.7 Å². The highest BCUT2D eigenvalue weighted by Crippen LogP contribution is 2.39. The number of ether oxygens (including phenoxy) is 1. The summed E-state index contributed by atoms with van der Waals surface area (Å²) in [5, 5.41) is 60.6. The van der Waals surface area contributed by atoms with Gasteiger partial charge >= 0.3 is 29.8 Å². The molecule has 0 saturated carbocycles. The predicted octanol–water partition coefficient (Wildman–Crippen LogP) is 19.9. The number of aromatic nitrogens is 5. The molecule has 0 saturated heterocycles. The number of aliphatic hydroxyl groups excluding tert-OH is 1. The van der Waals surface area contributed by atoms with E-state index in [0.29, 0.717) is 113 Å². The highest BCUT2D eigenvalue weighted by Gasteiger charge is 2.34. The van der Waals surface area contributed by atoms with Crippen LogP contribution >= 0.6 is 11.6 Å². The molecule has 15 rings (SSSR count). The maximum absolute atomic E-state index is 13.8. The largest absolute Gasteiger partial charge is 0.495 e. The summed E-state index contributed by atoms with van der Waals surface area (Å²) in [6, 6.07) is 40.9. The van der Waals surface area contributed by atoms with Crippen molar-refractivity contribution in [3.8, 4) is 5.75 Å². The average molecular weight is 1770 g/mol. The first-order valence-electron chi connectivity index (χ1n) is 38.2. The molecule has 5 atom stereocenters. The number of aryl methyl sites for hydroxylation is 2. The molecule has 33 heteroatoms. The number of carbonyl (C=O) groups is 10. The van der Waals surface area contributed by atoms with E-state index in [-0.39, 0.29) is 34.4 Å². The number of carboxylic acids is 5. The fourth-order valence-electron chi connectivity index (χ4n) is 14.5. The standard InChI is InChI=1S/2C19H15F2NO4.2C19H15F2NO3.C18H12ClF2NO3/c1-26-17-4-2-3-11-14(9-22-18(11)17)13(19(24)25)8-16(23)12-6-5-10(20)7-15(12)21;20-11-2-3-12(16(21)6-11)18(24)7-14(19(25)26)15-8-22-17-4-1-10(9-23)5-13(15)17;1-10-2-5-17-13(6-10)15(9-22-17)14(19(24)25)8-18(23)12-4-3-11(20)7-16(12)21;1-22-10-15(12-4-2-3-5-17(12)22)14(19(24)25)9-18(23)13-7-6-11(20)8-16(13)21;19-13-2-1-3-15-17(13)12(8-22-15)11(18(24)25)7-16(23)10-5-4-9(20)6-14(10)21/h2-7,9,13,22H,8H2,1H3,(H,24,25);1-6,8,14,22-23H,7,9H2,(H,25,26);2-7,9,14,22H,8H2,1H3,(H,24,25);2-8,10,14H,9H2,1H3,(H,24,25);1-6,8,11,22H,7H2,(H,24,25). The number of carbonyl (C=O) groups excluding carboxylic acids is 5. The first kappa shape index (κ1) is 92.7. The molecule has 10 aromatic carbocycles. The minimum absolute atomic E-state index is 0.210. The lowest BCUT2D eigenvalue weighted by Crippen LogP contribution is -2.17. The minimum atomic E-state index is -1.24. The summed E-state index contributed by atoms with van der Waals surface area (Å²) < 4.78 is 141. The van der Waals surface area contributed by atoms with Gasteiger partial charge in [-0.15, -0.1) is 0 Å². The Balaban J connectivity index is 0.000000154. The van der Waals surface area contributed by atoms with E-state index in [9.17, 15) is 122 Å². The molecule has 10 N–H and O–H groups in total. The van der Waals surface area contributed by atoms with Crippen LogP contribution in [0.5, 0.6) is 5.75 Å². The molecular weight excluding hydrogens is 1700 g/mol. The lowest BCUT2D eigenvalue weighted by atomic mass is 9.91. The maximum Gasteiger partial charge on any atom is 0.311 e. The lowest BCUT2D eigenvalue weighted by molar-refractivity contribution is -0.139. The van der Waals surface area contributed by atoms with Gasteiger partial charge in [-0.1, -0.05) is 65.7 Å². The number of nitrogens with zero attached hydrogens (tertiary/aromatic N) is 1. The predicted molar refractivity (Wildman–Crippen MR) is 447 cm³/mol. The van der Waals surface area contributed by atoms with E-state index in [0.717, 1.165) is 82.6 Å². The zero-order valence-electron chi connectivity index (χ0n) is 66.7. The number of fused-ring (bicyclic) bond motifs is 5. The van der Waals surface area contributed by atoms with E-state index in [1.54, 1.807) is 90.7 Å². The molecule has 15 aromatic rings. The van der Waals surface area contributed by atoms with Gasteiger partial charge in [0.15, 0.2) is 28.9 Å². The summed E-state index contributed by atoms with van der Waals surface area (Å²) in [4.78, 5) is 132. The summed E-state index contributed by atoms with van der Waals surface area (Å²) in [6.07, 6.45) is 5.44. The Morgan fingerprint density at radius 2 is 0.717 bits per heavy atom. The number of aliphatic hydroxyl groups is 1. The fraction of sp³-hybridized carbons (Fsp3) is 0.149. The Bertz CT molecular complexity index is 6630. The second-order valence-corrected chi connectivity index (χ2v) is 29.4. The van der Waals surface area contributed by atoms with Gasteiger partial charge < -0.3 is 59.9 Å². The van der Waals surface area contributed by atoms with Gasteiger partial charge in [0.05, 0.1) is 81.7 Å². The number of aromatic amines is 4. The maximum atomic E-state index is 13.8. The monoisotopic (exact) mass is 1770 g/mol. The number of halogens is 11. The van der Waals surface area contributed by atoms with Crippen LogP contribution in [0.15, 0.2) is 219 Å². The normalized spacial score (nSPS) is 12.2. The van der Waals surface area contributed by atoms with Crippen LogP contribution in [0, 0.1) is 65.1 Å². The first-order chi connectivity index (χ1) is 60.4. The number of aliphatic carboxylic acids is 5. The average Bonchev–Trinajstić information content (AvgIpc) is 1.62. The highest BCUT2D eigenvalue weighted by molar-refractivity contribution is 6.36. The topological polar surface area (TPSA) is 369 Å². The number of ketones is 5. The lowest BCUT2D eigenvalue weighted by Gasteiger charge is -2.12. The van der Waals surface area contributed by atoms with Crippen molar-refractivity contribution < 1.29 is 127 Å². The minimum Gasteiger partial charge on any atom is -0.495 e. The Labute approximate surface area is 717 Å². The summed E-state index contributed by atoms with van der Waals surface area (Å²) in [5.74, 6) is -24.0. The molecule has 0 fully saturated rings. The van der Waals surface area contributed by atoms with E-state index < -0.39 is 179 Å². The van der Waals surface area contributed by atoms with Gasteiger partial charge in [-0.3, -0.25) is 47.9 Å². The SMILES string of the molecule is COc1cccc2c(C(CC(=O)c3ccc(F)cc3F)C(=O)O)c[nH]c12.Cc1ccc2[nH]cc(C(CC(=O)c3ccc(F)cc3F)C(=O)O)c2c1.Cn1cc(C(CC(=O)c2ccc(F)cc2F)C(=O)O)c2ccccc21.O=C(CC(C(=O)O)c1c[nH]c2ccc(CO)cc12)c1ccc(F)cc1F.O=C(CC(C(=O)O)c1c[nH]c2cccc(Cl)c12)c1ccc(F)cc1F. The van der Waals surface area contributed by atoms with Crippen molar-refractivity contribution in [2.45, 2.75) is 75.2 Å². The van der Waals surface area contributed by atoms with Crippen molar-refractivity contribution in [3.63, 3.8) is 0 Å². The summed E-state index contributed by atoms with van der Waals surface area (Å²) >= 11 is 6.15. The smallest absolute Gasteiger partial charge is 0.311 e. The van der Waals surface area contributed by atoms with Crippen LogP contribution in [0.3, 0.4) is 0 Å². The van der Waals surface area contributed by atoms with E-state index in [1.807, 2.05) is 37.3 Å². The van der Waals surface area contributed by atoms with Crippen molar-refractivity contribution in [1.82, 2.24) is 24.5 Å². The van der Waals surface area contributed by atoms with Gasteiger partial charge in [-0.2, -0.15) is 0 Å². The summed E-state index contributed by atoms with van der Waals surface area (Å²) in [6.45, 7) is 1.67. The Morgan fingerprint density at radius 1 is 0.370 bits per heavy atom. The number of benzene rings is 10. The molecule has 0 radical (unpaired) electrons. The van der Waals surface area contributed by atoms with Crippen LogP contribution in [0.1, 0.15) is 152 Å². The van der Waals surface area contributed by atoms with Gasteiger partial charge in [0.1, 0.15) is 63.9 Å². The van der Waals surface area contributed by atoms with E-state index in [4.69, 9.17) is 16.3 Å². The molecule has 22 nitrogen and oxygen atoms in total. The van der Waals surface area contributed by atoms with E-state index in [2.05, 4.69) is 19.9 Å². The number of H-pyrrole nitrogens is 4. The molecule has 0 amide bonds. The number of Topliss-reactive ketones (excluding diaryl/α,β-unsaturated/α-hetero) is 5. The highest BCUT2D eigenvalue weighted by atomic mass is 35.5. The Hall–Kier alpha value is -15.1. The zero-order chi connectivity index (χ0) is 92.1. The van der Waals surface area contributed by atoms with Crippen molar-refractivity contribution in [2.75, 3.05) is 7.11 Å². The van der Waals surface area contributed by atoms with Gasteiger partial charge in [-0.05, 0) is 149 Å². The third kappa shape index (κ3) is 21.6. The third-order valence-corrected chi connectivity index (χ3v) is 21.2. The number of rotatable bonds is 27. The summed E-state index contributed by atoms with van der Waals surface area (Å²) in [5.41, 5.74) is 5.41. The molecule has 0 aliphatic carbocycles. The van der Waals surface area contributed by atoms with Crippen LogP contribution in [0.25, 0.3) is 54.5 Å². The third-order valence-electron chi connectivity index (χ3n) is 20.8. The first-order valence-corrected chi connectivity index (χ1v) is 38.6. The van der Waals surface area contributed by atoms with E-state index >= 15 is 0 Å². The molecule has 0 bridgehead atoms. The van der Waals surface area contributed by atoms with Crippen LogP contribution in [0.2, 0.25) is 5.02 Å². The second-order valence-electron chi connectivity index (χ2n) is 29.0. The van der Waals surface area contributed by atoms with Crippen LogP contribution in [0.4, 0.5) is 43.9 Å². The summed E-state index contributed by atoms with van der Waals surface area (Å²) in [7, 11) is 3.27. The molecule has 5 heterocycles. The van der Waals surface area contributed by atoms with Gasteiger partial charge in [-0.25, -0.2) is 43.9 Å². The zero-order valence-corrected chi connectivity index (χ0v) is 67.4. The van der Waals surface area contributed by atoms with Gasteiger partial charge in [0.2, 0.25) is 0 Å². The van der Waals surface area contributed by atoms with Crippen LogP contribution in [-0.4, -0.2) is 121 Å². The van der Waals surface area contributed by atoms with Crippen molar-refractivity contribution in [3.05, 3.63) is 349 Å².